The van der Waals surface area contributed by atoms with Gasteiger partial charge in [0.15, 0.2) is 5.69 Å². The van der Waals surface area contributed by atoms with Crippen LogP contribution in [0.15, 0.2) is 24.3 Å². The maximum atomic E-state index is 12.9. The summed E-state index contributed by atoms with van der Waals surface area (Å²) in [6.07, 6.45) is 8.80. The molecule has 1 aromatic carbocycles. The van der Waals surface area contributed by atoms with Crippen molar-refractivity contribution in [2.24, 2.45) is 0 Å². The molecular formula is C23H32N4O2. The number of rotatable bonds is 5. The molecule has 1 atom stereocenters. The Morgan fingerprint density at radius 2 is 1.93 bits per heavy atom. The average Bonchev–Trinajstić information content (AvgIpc) is 3.09. The first kappa shape index (κ1) is 20.1. The third-order valence-electron chi connectivity index (χ3n) is 6.55. The number of aryl methyl sites for hydroxylation is 1. The van der Waals surface area contributed by atoms with Crippen LogP contribution >= 0.6 is 0 Å². The fourth-order valence-electron chi connectivity index (χ4n) is 4.72. The van der Waals surface area contributed by atoms with Crippen molar-refractivity contribution < 1.29 is 9.53 Å². The summed E-state index contributed by atoms with van der Waals surface area (Å²) in [6, 6.07) is 8.67. The number of nitrogens with one attached hydrogen (secondary N) is 1. The lowest BCUT2D eigenvalue weighted by atomic mass is 9.78. The summed E-state index contributed by atoms with van der Waals surface area (Å²) in [6.45, 7) is 5.42. The smallest absolute Gasteiger partial charge is 0.273 e. The Labute approximate surface area is 173 Å². The summed E-state index contributed by atoms with van der Waals surface area (Å²) < 4.78 is 7.96. The molecule has 29 heavy (non-hydrogen) atoms. The SMILES string of the molecule is CCc1ccc(Cn2nnc(C(=O)NC3CCOC4(CCCCC4)C3)c2C)cc1. The van der Waals surface area contributed by atoms with Gasteiger partial charge in [-0.3, -0.25) is 4.79 Å². The van der Waals surface area contributed by atoms with Gasteiger partial charge in [0.1, 0.15) is 0 Å². The van der Waals surface area contributed by atoms with Crippen LogP contribution in [0, 0.1) is 6.92 Å². The van der Waals surface area contributed by atoms with Crippen molar-refractivity contribution in [1.29, 1.82) is 0 Å². The molecule has 1 amide bonds. The van der Waals surface area contributed by atoms with Crippen molar-refractivity contribution in [2.45, 2.75) is 83.4 Å². The maximum Gasteiger partial charge on any atom is 0.273 e. The van der Waals surface area contributed by atoms with E-state index in [4.69, 9.17) is 4.74 Å². The Morgan fingerprint density at radius 3 is 2.66 bits per heavy atom. The first-order valence-electron chi connectivity index (χ1n) is 11.0. The zero-order valence-electron chi connectivity index (χ0n) is 17.6. The highest BCUT2D eigenvalue weighted by Gasteiger charge is 2.39. The van der Waals surface area contributed by atoms with E-state index in [9.17, 15) is 4.79 Å². The Balaban J connectivity index is 1.40. The molecule has 1 unspecified atom stereocenters. The molecule has 2 heterocycles. The number of ether oxygens (including phenoxy) is 1. The van der Waals surface area contributed by atoms with Crippen molar-refractivity contribution in [2.75, 3.05) is 6.61 Å². The minimum absolute atomic E-state index is 0.0221. The molecule has 1 N–H and O–H groups in total. The van der Waals surface area contributed by atoms with Crippen LogP contribution in [0.3, 0.4) is 0 Å². The van der Waals surface area contributed by atoms with E-state index in [1.165, 1.54) is 24.8 Å². The summed E-state index contributed by atoms with van der Waals surface area (Å²) in [4.78, 5) is 12.9. The van der Waals surface area contributed by atoms with Crippen LogP contribution in [0.2, 0.25) is 0 Å². The minimum atomic E-state index is -0.118. The average molecular weight is 397 g/mol. The highest BCUT2D eigenvalue weighted by molar-refractivity contribution is 5.93. The second-order valence-corrected chi connectivity index (χ2v) is 8.61. The second kappa shape index (κ2) is 8.66. The summed E-state index contributed by atoms with van der Waals surface area (Å²) >= 11 is 0. The number of hydrogen-bond acceptors (Lipinski definition) is 4. The predicted octanol–water partition coefficient (Wildman–Crippen LogP) is 3.81. The molecule has 1 saturated heterocycles. The van der Waals surface area contributed by atoms with Crippen molar-refractivity contribution in [3.05, 3.63) is 46.8 Å². The molecule has 1 aliphatic carbocycles. The summed E-state index contributed by atoms with van der Waals surface area (Å²) in [5.74, 6) is -0.118. The number of aromatic nitrogens is 3. The van der Waals surface area contributed by atoms with E-state index in [2.05, 4.69) is 46.8 Å². The fraction of sp³-hybridized carbons (Fsp3) is 0.609. The first-order chi connectivity index (χ1) is 14.1. The molecule has 1 spiro atoms. The lowest BCUT2D eigenvalue weighted by Gasteiger charge is -2.43. The summed E-state index contributed by atoms with van der Waals surface area (Å²) in [7, 11) is 0. The molecule has 1 saturated carbocycles. The first-order valence-corrected chi connectivity index (χ1v) is 11.0. The molecule has 6 heteroatoms. The van der Waals surface area contributed by atoms with Crippen LogP contribution in [0.4, 0.5) is 0 Å². The third-order valence-corrected chi connectivity index (χ3v) is 6.55. The minimum Gasteiger partial charge on any atom is -0.375 e. The van der Waals surface area contributed by atoms with Crippen LogP contribution < -0.4 is 5.32 Å². The molecular weight excluding hydrogens is 364 g/mol. The Morgan fingerprint density at radius 1 is 1.21 bits per heavy atom. The van der Waals surface area contributed by atoms with Gasteiger partial charge in [0.25, 0.3) is 5.91 Å². The number of benzene rings is 1. The second-order valence-electron chi connectivity index (χ2n) is 8.61. The van der Waals surface area contributed by atoms with Crippen LogP contribution in [0.25, 0.3) is 0 Å². The van der Waals surface area contributed by atoms with Gasteiger partial charge in [0.2, 0.25) is 0 Å². The Kier molecular flexibility index (Phi) is 5.99. The van der Waals surface area contributed by atoms with Gasteiger partial charge in [0, 0.05) is 12.6 Å². The lowest BCUT2D eigenvalue weighted by Crippen LogP contribution is -2.49. The van der Waals surface area contributed by atoms with Gasteiger partial charge in [-0.25, -0.2) is 4.68 Å². The van der Waals surface area contributed by atoms with E-state index in [1.807, 2.05) is 11.6 Å². The largest absolute Gasteiger partial charge is 0.375 e. The van der Waals surface area contributed by atoms with E-state index in [0.29, 0.717) is 12.2 Å². The molecule has 2 fully saturated rings. The standard InChI is InChI=1S/C23H32N4O2/c1-3-18-7-9-19(10-8-18)16-27-17(2)21(25-26-27)22(28)24-20-11-14-29-23(15-20)12-5-4-6-13-23/h7-10,20H,3-6,11-16H2,1-2H3,(H,24,28). The predicted molar refractivity (Wildman–Crippen MR) is 112 cm³/mol. The number of amides is 1. The van der Waals surface area contributed by atoms with E-state index in [0.717, 1.165) is 50.0 Å². The van der Waals surface area contributed by atoms with E-state index >= 15 is 0 Å². The van der Waals surface area contributed by atoms with Crippen molar-refractivity contribution in [3.8, 4) is 0 Å². The van der Waals surface area contributed by atoms with E-state index < -0.39 is 0 Å². The highest BCUT2D eigenvalue weighted by Crippen LogP contribution is 2.38. The van der Waals surface area contributed by atoms with Crippen molar-refractivity contribution in [3.63, 3.8) is 0 Å². The molecule has 2 aliphatic rings. The van der Waals surface area contributed by atoms with E-state index in [-0.39, 0.29) is 17.6 Å². The number of nitrogens with zero attached hydrogens (tertiary/aromatic N) is 3. The monoisotopic (exact) mass is 396 g/mol. The van der Waals surface area contributed by atoms with Gasteiger partial charge < -0.3 is 10.1 Å². The molecule has 4 rings (SSSR count). The van der Waals surface area contributed by atoms with Gasteiger partial charge in [-0.2, -0.15) is 0 Å². The fourth-order valence-corrected chi connectivity index (χ4v) is 4.72. The van der Waals surface area contributed by atoms with Gasteiger partial charge in [-0.05, 0) is 50.2 Å². The Hall–Kier alpha value is -2.21. The highest BCUT2D eigenvalue weighted by atomic mass is 16.5. The molecule has 1 aliphatic heterocycles. The van der Waals surface area contributed by atoms with Crippen LogP contribution in [0.1, 0.15) is 79.2 Å². The van der Waals surface area contributed by atoms with Gasteiger partial charge in [-0.1, -0.05) is 55.7 Å². The van der Waals surface area contributed by atoms with Gasteiger partial charge in [-0.15, -0.1) is 5.10 Å². The number of carbonyl (C=O) groups excluding carboxylic acids is 1. The lowest BCUT2D eigenvalue weighted by molar-refractivity contribution is -0.107. The summed E-state index contributed by atoms with van der Waals surface area (Å²) in [5, 5.41) is 11.6. The zero-order chi connectivity index (χ0) is 20.3. The molecule has 1 aromatic heterocycles. The quantitative estimate of drug-likeness (QED) is 0.834. The van der Waals surface area contributed by atoms with Crippen LogP contribution in [0.5, 0.6) is 0 Å². The van der Waals surface area contributed by atoms with Gasteiger partial charge >= 0.3 is 0 Å². The molecule has 2 aromatic rings. The Bertz CT molecular complexity index is 832. The van der Waals surface area contributed by atoms with Crippen LogP contribution in [-0.2, 0) is 17.7 Å². The number of carbonyl (C=O) groups is 1. The third kappa shape index (κ3) is 4.53. The van der Waals surface area contributed by atoms with Crippen molar-refractivity contribution in [1.82, 2.24) is 20.3 Å². The topological polar surface area (TPSA) is 69.0 Å². The zero-order valence-corrected chi connectivity index (χ0v) is 17.6. The van der Waals surface area contributed by atoms with Gasteiger partial charge in [0.05, 0.1) is 17.8 Å². The van der Waals surface area contributed by atoms with Crippen LogP contribution in [-0.4, -0.2) is 39.2 Å². The molecule has 0 bridgehead atoms. The normalized spacial score (nSPS) is 21.2. The van der Waals surface area contributed by atoms with E-state index in [1.54, 1.807) is 0 Å². The summed E-state index contributed by atoms with van der Waals surface area (Å²) in [5.41, 5.74) is 3.69. The molecule has 6 nitrogen and oxygen atoms in total. The molecule has 156 valence electrons. The maximum absolute atomic E-state index is 12.9. The van der Waals surface area contributed by atoms with Crippen molar-refractivity contribution >= 4 is 5.91 Å². The molecule has 0 radical (unpaired) electrons. The number of hydrogen-bond donors (Lipinski definition) is 1.